The van der Waals surface area contributed by atoms with E-state index in [0.29, 0.717) is 29.2 Å². The molecular formula is C18H20ClN5O5. The number of nitrogen functional groups attached to an aromatic ring is 1. The molecule has 1 aliphatic rings. The summed E-state index contributed by atoms with van der Waals surface area (Å²) in [4.78, 5) is 12.3. The molecular weight excluding hydrogens is 402 g/mol. The molecule has 6 N–H and O–H groups in total. The van der Waals surface area contributed by atoms with E-state index in [2.05, 4.69) is 20.3 Å². The first-order valence-electron chi connectivity index (χ1n) is 8.91. The zero-order valence-corrected chi connectivity index (χ0v) is 16.2. The van der Waals surface area contributed by atoms with Crippen molar-refractivity contribution in [1.82, 2.24) is 15.0 Å². The molecule has 1 aliphatic carbocycles. The van der Waals surface area contributed by atoms with Crippen molar-refractivity contribution in [2.45, 2.75) is 24.7 Å². The highest BCUT2D eigenvalue weighted by Gasteiger charge is 2.41. The summed E-state index contributed by atoms with van der Waals surface area (Å²) in [6, 6.07) is 2.88. The van der Waals surface area contributed by atoms with Crippen molar-refractivity contribution < 1.29 is 24.5 Å². The zero-order chi connectivity index (χ0) is 20.7. The number of anilines is 2. The lowest BCUT2D eigenvalue weighted by Crippen LogP contribution is -2.35. The van der Waals surface area contributed by atoms with Gasteiger partial charge in [-0.25, -0.2) is 9.97 Å². The topological polar surface area (TPSA) is 160 Å². The monoisotopic (exact) mass is 421 g/mol. The largest absolute Gasteiger partial charge is 0.481 e. The van der Waals surface area contributed by atoms with E-state index in [1.165, 1.54) is 13.3 Å². The van der Waals surface area contributed by atoms with Crippen LogP contribution in [0.5, 0.6) is 5.88 Å². The molecule has 4 atom stereocenters. The van der Waals surface area contributed by atoms with Crippen LogP contribution in [0.4, 0.5) is 11.8 Å². The molecule has 11 heteroatoms. The Hall–Kier alpha value is -2.66. The molecule has 10 nitrogen and oxygen atoms in total. The van der Waals surface area contributed by atoms with Gasteiger partial charge >= 0.3 is 0 Å². The molecule has 0 unspecified atom stereocenters. The fourth-order valence-electron chi connectivity index (χ4n) is 3.56. The lowest BCUT2D eigenvalue weighted by molar-refractivity contribution is 0.00446. The number of halogens is 1. The maximum atomic E-state index is 10.3. The van der Waals surface area contributed by atoms with Gasteiger partial charge < -0.3 is 35.5 Å². The van der Waals surface area contributed by atoms with E-state index in [0.717, 1.165) is 5.39 Å². The molecule has 1 fully saturated rings. The van der Waals surface area contributed by atoms with E-state index in [9.17, 15) is 15.3 Å². The second-order valence-corrected chi connectivity index (χ2v) is 7.24. The third-order valence-electron chi connectivity index (χ3n) is 5.08. The second kappa shape index (κ2) is 7.64. The highest BCUT2D eigenvalue weighted by Crippen LogP contribution is 2.38. The first-order chi connectivity index (χ1) is 13.9. The van der Waals surface area contributed by atoms with Crippen molar-refractivity contribution in [2.75, 3.05) is 24.8 Å². The first kappa shape index (κ1) is 19.6. The number of hydrogen-bond donors (Lipinski definition) is 5. The van der Waals surface area contributed by atoms with E-state index in [-0.39, 0.29) is 23.5 Å². The quantitative estimate of drug-likeness (QED) is 0.376. The summed E-state index contributed by atoms with van der Waals surface area (Å²) < 4.78 is 11.0. The van der Waals surface area contributed by atoms with Crippen LogP contribution < -0.4 is 15.8 Å². The Morgan fingerprint density at radius 1 is 1.31 bits per heavy atom. The van der Waals surface area contributed by atoms with E-state index in [1.807, 2.05) is 0 Å². The summed E-state index contributed by atoms with van der Waals surface area (Å²) in [5.41, 5.74) is 6.62. The summed E-state index contributed by atoms with van der Waals surface area (Å²) >= 11 is 6.34. The van der Waals surface area contributed by atoms with Crippen LogP contribution in [0.3, 0.4) is 0 Å². The molecule has 0 aliphatic heterocycles. The normalized spacial score (nSPS) is 24.2. The Morgan fingerprint density at radius 3 is 2.79 bits per heavy atom. The van der Waals surface area contributed by atoms with Crippen molar-refractivity contribution in [1.29, 1.82) is 0 Å². The van der Waals surface area contributed by atoms with Gasteiger partial charge in [-0.2, -0.15) is 4.98 Å². The SMILES string of the molecule is COc1cc2cc(-c3c(Cl)nc(N)nc3N[C@@H]3C[C@H](CO)[C@@H](O)[C@H]3O)oc2cn1. The number of aliphatic hydroxyl groups is 3. The van der Waals surface area contributed by atoms with Gasteiger partial charge in [0.15, 0.2) is 5.58 Å². The number of hydrogen-bond acceptors (Lipinski definition) is 10. The fourth-order valence-corrected chi connectivity index (χ4v) is 3.83. The van der Waals surface area contributed by atoms with Gasteiger partial charge in [-0.05, 0) is 12.5 Å². The number of furan rings is 1. The fraction of sp³-hybridized carbons (Fsp3) is 0.389. The minimum absolute atomic E-state index is 0.0609. The van der Waals surface area contributed by atoms with Crippen LogP contribution in [0.15, 0.2) is 22.7 Å². The van der Waals surface area contributed by atoms with Gasteiger partial charge in [0.1, 0.15) is 22.8 Å². The molecule has 3 heterocycles. The highest BCUT2D eigenvalue weighted by atomic mass is 35.5. The molecule has 0 saturated heterocycles. The summed E-state index contributed by atoms with van der Waals surface area (Å²) in [5, 5.41) is 33.6. The number of pyridine rings is 1. The lowest BCUT2D eigenvalue weighted by Gasteiger charge is -2.20. The molecule has 3 aromatic heterocycles. The van der Waals surface area contributed by atoms with E-state index >= 15 is 0 Å². The average Bonchev–Trinajstić information content (AvgIpc) is 3.22. The second-order valence-electron chi connectivity index (χ2n) is 6.88. The standard InChI is InChI=1S/C18H20ClN5O5/c1-28-12-4-7-3-10(29-11(7)5-21-12)13-16(19)23-18(20)24-17(13)22-9-2-8(6-25)14(26)15(9)27/h3-5,8-9,14-15,25-27H,2,6H2,1H3,(H3,20,22,23,24)/t8-,9-,14-,15+/m1/s1. The van der Waals surface area contributed by atoms with Crippen LogP contribution in [0.1, 0.15) is 6.42 Å². The zero-order valence-electron chi connectivity index (χ0n) is 15.4. The minimum Gasteiger partial charge on any atom is -0.481 e. The van der Waals surface area contributed by atoms with Crippen molar-refractivity contribution in [3.63, 3.8) is 0 Å². The smallest absolute Gasteiger partial charge is 0.223 e. The van der Waals surface area contributed by atoms with E-state index in [1.54, 1.807) is 12.1 Å². The van der Waals surface area contributed by atoms with Gasteiger partial charge in [0.2, 0.25) is 11.8 Å². The molecule has 0 aromatic carbocycles. The molecule has 154 valence electrons. The first-order valence-corrected chi connectivity index (χ1v) is 9.29. The molecule has 4 rings (SSSR count). The lowest BCUT2D eigenvalue weighted by atomic mass is 10.1. The molecule has 0 bridgehead atoms. The van der Waals surface area contributed by atoms with Crippen molar-refractivity contribution >= 4 is 34.3 Å². The Morgan fingerprint density at radius 2 is 2.10 bits per heavy atom. The number of nitrogens with two attached hydrogens (primary N) is 1. The van der Waals surface area contributed by atoms with Gasteiger partial charge in [0, 0.05) is 24.0 Å². The number of aliphatic hydroxyl groups excluding tert-OH is 3. The van der Waals surface area contributed by atoms with E-state index in [4.69, 9.17) is 26.5 Å². The van der Waals surface area contributed by atoms with Crippen molar-refractivity contribution in [3.05, 3.63) is 23.5 Å². The Kier molecular flexibility index (Phi) is 5.17. The molecule has 3 aromatic rings. The van der Waals surface area contributed by atoms with Crippen LogP contribution in [0.2, 0.25) is 5.15 Å². The molecule has 0 spiro atoms. The predicted molar refractivity (Wildman–Crippen MR) is 106 cm³/mol. The van der Waals surface area contributed by atoms with Crippen LogP contribution in [-0.2, 0) is 0 Å². The maximum absolute atomic E-state index is 10.3. The number of rotatable bonds is 5. The summed E-state index contributed by atoms with van der Waals surface area (Å²) in [7, 11) is 1.52. The van der Waals surface area contributed by atoms with Crippen molar-refractivity contribution in [3.8, 4) is 17.2 Å². The highest BCUT2D eigenvalue weighted by molar-refractivity contribution is 6.32. The van der Waals surface area contributed by atoms with Gasteiger partial charge in [0.05, 0.1) is 31.0 Å². The Bertz CT molecular complexity index is 1040. The average molecular weight is 422 g/mol. The Balaban J connectivity index is 1.75. The number of nitrogens with one attached hydrogen (secondary N) is 1. The number of methoxy groups -OCH3 is 1. The summed E-state index contributed by atoms with van der Waals surface area (Å²) in [6.07, 6.45) is -0.291. The third-order valence-corrected chi connectivity index (χ3v) is 5.35. The Labute approximate surface area is 170 Å². The molecule has 1 saturated carbocycles. The van der Waals surface area contributed by atoms with Gasteiger partial charge in [-0.15, -0.1) is 0 Å². The number of aromatic nitrogens is 3. The van der Waals surface area contributed by atoms with Gasteiger partial charge in [0.25, 0.3) is 0 Å². The number of nitrogens with zero attached hydrogens (tertiary/aromatic N) is 3. The van der Waals surface area contributed by atoms with Crippen LogP contribution in [-0.4, -0.2) is 62.2 Å². The molecule has 0 amide bonds. The number of ether oxygens (including phenoxy) is 1. The van der Waals surface area contributed by atoms with Gasteiger partial charge in [-0.3, -0.25) is 0 Å². The van der Waals surface area contributed by atoms with Crippen molar-refractivity contribution in [2.24, 2.45) is 5.92 Å². The summed E-state index contributed by atoms with van der Waals surface area (Å²) in [5.74, 6) is 0.532. The summed E-state index contributed by atoms with van der Waals surface area (Å²) in [6.45, 7) is -0.242. The molecule has 29 heavy (non-hydrogen) atoms. The van der Waals surface area contributed by atoms with Crippen LogP contribution in [0, 0.1) is 5.92 Å². The van der Waals surface area contributed by atoms with Crippen LogP contribution >= 0.6 is 11.6 Å². The maximum Gasteiger partial charge on any atom is 0.223 e. The van der Waals surface area contributed by atoms with Crippen LogP contribution in [0.25, 0.3) is 22.3 Å². The predicted octanol–water partition coefficient (Wildman–Crippen LogP) is 1.04. The molecule has 0 radical (unpaired) electrons. The number of fused-ring (bicyclic) bond motifs is 1. The van der Waals surface area contributed by atoms with E-state index < -0.39 is 24.2 Å². The minimum atomic E-state index is -1.10. The van der Waals surface area contributed by atoms with Gasteiger partial charge in [-0.1, -0.05) is 11.6 Å². The third kappa shape index (κ3) is 3.55.